The first kappa shape index (κ1) is 14.8. The number of carboxylic acids is 1. The van der Waals surface area contributed by atoms with E-state index in [0.717, 1.165) is 0 Å². The van der Waals surface area contributed by atoms with Gasteiger partial charge in [-0.3, -0.25) is 0 Å². The molecule has 18 heavy (non-hydrogen) atoms. The quantitative estimate of drug-likeness (QED) is 0.796. The average Bonchev–Trinajstić information content (AvgIpc) is 2.35. The second-order valence-electron chi connectivity index (χ2n) is 3.69. The zero-order valence-electron chi connectivity index (χ0n) is 10.3. The fourth-order valence-electron chi connectivity index (χ4n) is 1.47. The fourth-order valence-corrected chi connectivity index (χ4v) is 1.64. The Bertz CT molecular complexity index is 411. The molecule has 0 aliphatic rings. The summed E-state index contributed by atoms with van der Waals surface area (Å²) in [6.45, 7) is 0.881. The fraction of sp³-hybridized carbons (Fsp3) is 0.417. The van der Waals surface area contributed by atoms with Crippen LogP contribution in [0.2, 0.25) is 5.02 Å². The van der Waals surface area contributed by atoms with Gasteiger partial charge in [0.05, 0.1) is 18.3 Å². The highest BCUT2D eigenvalue weighted by atomic mass is 35.5. The zero-order valence-corrected chi connectivity index (χ0v) is 11.0. The topological polar surface area (TPSA) is 67.8 Å². The number of anilines is 1. The van der Waals surface area contributed by atoms with Gasteiger partial charge in [-0.05, 0) is 18.2 Å². The van der Waals surface area contributed by atoms with Crippen molar-refractivity contribution in [1.82, 2.24) is 0 Å². The van der Waals surface area contributed by atoms with Crippen molar-refractivity contribution in [2.75, 3.05) is 32.7 Å². The summed E-state index contributed by atoms with van der Waals surface area (Å²) in [4.78, 5) is 11.1. The number of benzene rings is 1. The number of rotatable bonds is 7. The highest BCUT2D eigenvalue weighted by Gasteiger charge is 2.12. The highest BCUT2D eigenvalue weighted by Crippen LogP contribution is 2.20. The molecule has 100 valence electrons. The Kier molecular flexibility index (Phi) is 5.91. The Morgan fingerprint density at radius 2 is 2.22 bits per heavy atom. The number of ether oxygens (including phenoxy) is 2. The minimum Gasteiger partial charge on any atom is -0.478 e. The number of hydrogen-bond donors (Lipinski definition) is 2. The molecule has 0 aromatic heterocycles. The van der Waals surface area contributed by atoms with Crippen molar-refractivity contribution in [1.29, 1.82) is 0 Å². The third kappa shape index (κ3) is 4.18. The molecule has 1 rings (SSSR count). The van der Waals surface area contributed by atoms with Gasteiger partial charge in [0.2, 0.25) is 0 Å². The van der Waals surface area contributed by atoms with E-state index in [-0.39, 0.29) is 11.7 Å². The van der Waals surface area contributed by atoms with Gasteiger partial charge in [-0.15, -0.1) is 0 Å². The lowest BCUT2D eigenvalue weighted by Gasteiger charge is -2.17. The third-order valence-electron chi connectivity index (χ3n) is 2.42. The van der Waals surface area contributed by atoms with E-state index >= 15 is 0 Å². The number of hydrogen-bond acceptors (Lipinski definition) is 4. The Balaban J connectivity index is 2.74. The highest BCUT2D eigenvalue weighted by molar-refractivity contribution is 6.31. The van der Waals surface area contributed by atoms with Crippen molar-refractivity contribution < 1.29 is 19.4 Å². The predicted octanol–water partition coefficient (Wildman–Crippen LogP) is 2.11. The molecule has 6 heteroatoms. The molecule has 0 saturated carbocycles. The largest absolute Gasteiger partial charge is 0.478 e. The first-order valence-corrected chi connectivity index (χ1v) is 5.74. The SMILES string of the molecule is COCC(CNc1ccc(Cl)cc1C(=O)O)OC. The van der Waals surface area contributed by atoms with Crippen LogP contribution < -0.4 is 5.32 Å². The molecule has 0 amide bonds. The maximum atomic E-state index is 11.1. The van der Waals surface area contributed by atoms with Crippen molar-refractivity contribution in [2.45, 2.75) is 6.10 Å². The summed E-state index contributed by atoms with van der Waals surface area (Å²) in [5.74, 6) is -1.03. The van der Waals surface area contributed by atoms with Crippen molar-refractivity contribution in [3.8, 4) is 0 Å². The third-order valence-corrected chi connectivity index (χ3v) is 2.65. The van der Waals surface area contributed by atoms with Gasteiger partial charge >= 0.3 is 5.97 Å². The Morgan fingerprint density at radius 3 is 2.78 bits per heavy atom. The summed E-state index contributed by atoms with van der Waals surface area (Å²) in [6.07, 6.45) is -0.146. The molecule has 2 N–H and O–H groups in total. The lowest BCUT2D eigenvalue weighted by molar-refractivity contribution is 0.0365. The van der Waals surface area contributed by atoms with Gasteiger partial charge in [-0.1, -0.05) is 11.6 Å². The van der Waals surface area contributed by atoms with E-state index in [2.05, 4.69) is 5.32 Å². The van der Waals surface area contributed by atoms with Gasteiger partial charge in [0.15, 0.2) is 0 Å². The molecule has 0 spiro atoms. The van der Waals surface area contributed by atoms with Gasteiger partial charge in [0.1, 0.15) is 0 Å². The number of methoxy groups -OCH3 is 2. The minimum atomic E-state index is -1.03. The first-order valence-electron chi connectivity index (χ1n) is 5.37. The average molecular weight is 274 g/mol. The van der Waals surface area contributed by atoms with Gasteiger partial charge in [0.25, 0.3) is 0 Å². The Labute approximate surface area is 111 Å². The monoisotopic (exact) mass is 273 g/mol. The Morgan fingerprint density at radius 1 is 1.50 bits per heavy atom. The molecule has 0 bridgehead atoms. The van der Waals surface area contributed by atoms with E-state index in [1.165, 1.54) is 6.07 Å². The van der Waals surface area contributed by atoms with E-state index in [0.29, 0.717) is 23.9 Å². The maximum Gasteiger partial charge on any atom is 0.337 e. The van der Waals surface area contributed by atoms with E-state index < -0.39 is 5.97 Å². The second kappa shape index (κ2) is 7.20. The lowest BCUT2D eigenvalue weighted by atomic mass is 10.1. The Hall–Kier alpha value is -1.30. The summed E-state index contributed by atoms with van der Waals surface area (Å²) < 4.78 is 10.2. The van der Waals surface area contributed by atoms with Crippen molar-refractivity contribution in [3.05, 3.63) is 28.8 Å². The summed E-state index contributed by atoms with van der Waals surface area (Å²) >= 11 is 5.76. The second-order valence-corrected chi connectivity index (χ2v) is 4.13. The molecule has 1 atom stereocenters. The molecule has 0 heterocycles. The number of halogens is 1. The zero-order chi connectivity index (χ0) is 13.5. The molecule has 0 aliphatic heterocycles. The minimum absolute atomic E-state index is 0.134. The van der Waals surface area contributed by atoms with E-state index in [1.54, 1.807) is 26.4 Å². The summed E-state index contributed by atoms with van der Waals surface area (Å²) in [7, 11) is 3.16. The molecule has 1 aromatic carbocycles. The van der Waals surface area contributed by atoms with Gasteiger partial charge < -0.3 is 19.9 Å². The summed E-state index contributed by atoms with van der Waals surface area (Å²) in [5, 5.41) is 12.5. The number of aromatic carboxylic acids is 1. The van der Waals surface area contributed by atoms with Crippen LogP contribution in [0.15, 0.2) is 18.2 Å². The van der Waals surface area contributed by atoms with Crippen LogP contribution in [-0.2, 0) is 9.47 Å². The van der Waals surface area contributed by atoms with E-state index in [1.807, 2.05) is 0 Å². The van der Waals surface area contributed by atoms with Crippen LogP contribution in [0.1, 0.15) is 10.4 Å². The standard InChI is InChI=1S/C12H16ClNO4/c1-17-7-9(18-2)6-14-11-4-3-8(13)5-10(11)12(15)16/h3-5,9,14H,6-7H2,1-2H3,(H,15,16). The summed E-state index contributed by atoms with van der Waals surface area (Å²) in [6, 6.07) is 4.67. The van der Waals surface area contributed by atoms with Crippen LogP contribution in [0.3, 0.4) is 0 Å². The van der Waals surface area contributed by atoms with Crippen molar-refractivity contribution in [3.63, 3.8) is 0 Å². The number of carboxylic acid groups (broad SMARTS) is 1. The smallest absolute Gasteiger partial charge is 0.337 e. The van der Waals surface area contributed by atoms with Crippen LogP contribution in [0.4, 0.5) is 5.69 Å². The van der Waals surface area contributed by atoms with E-state index in [4.69, 9.17) is 26.2 Å². The van der Waals surface area contributed by atoms with Crippen LogP contribution in [0.5, 0.6) is 0 Å². The van der Waals surface area contributed by atoms with Crippen LogP contribution in [0, 0.1) is 0 Å². The molecule has 0 saturated heterocycles. The first-order chi connectivity index (χ1) is 8.58. The van der Waals surface area contributed by atoms with Gasteiger partial charge in [-0.25, -0.2) is 4.79 Å². The van der Waals surface area contributed by atoms with Crippen molar-refractivity contribution >= 4 is 23.3 Å². The summed E-state index contributed by atoms with van der Waals surface area (Å²) in [5.41, 5.74) is 0.639. The van der Waals surface area contributed by atoms with Crippen LogP contribution >= 0.6 is 11.6 Å². The molecule has 0 radical (unpaired) electrons. The molecular formula is C12H16ClNO4. The predicted molar refractivity (Wildman–Crippen MR) is 69.6 cm³/mol. The molecule has 0 aliphatic carbocycles. The molecule has 1 aromatic rings. The molecule has 1 unspecified atom stereocenters. The molecule has 5 nitrogen and oxygen atoms in total. The molecular weight excluding hydrogens is 258 g/mol. The van der Waals surface area contributed by atoms with E-state index in [9.17, 15) is 4.79 Å². The maximum absolute atomic E-state index is 11.1. The lowest BCUT2D eigenvalue weighted by Crippen LogP contribution is -2.27. The van der Waals surface area contributed by atoms with Gasteiger partial charge in [0, 0.05) is 31.5 Å². The normalized spacial score (nSPS) is 12.2. The van der Waals surface area contributed by atoms with Crippen molar-refractivity contribution in [2.24, 2.45) is 0 Å². The molecule has 0 fully saturated rings. The number of carbonyl (C=O) groups is 1. The van der Waals surface area contributed by atoms with Crippen LogP contribution in [0.25, 0.3) is 0 Å². The van der Waals surface area contributed by atoms with Gasteiger partial charge in [-0.2, -0.15) is 0 Å². The number of nitrogens with one attached hydrogen (secondary N) is 1. The van der Waals surface area contributed by atoms with Crippen LogP contribution in [-0.4, -0.2) is 44.6 Å².